The highest BCUT2D eigenvalue weighted by molar-refractivity contribution is 5.97. The topological polar surface area (TPSA) is 58.1 Å². The average Bonchev–Trinajstić information content (AvgIpc) is 3.27. The van der Waals surface area contributed by atoms with Crippen molar-refractivity contribution in [1.29, 1.82) is 0 Å². The van der Waals surface area contributed by atoms with Gasteiger partial charge in [0.15, 0.2) is 0 Å². The van der Waals surface area contributed by atoms with Crippen molar-refractivity contribution in [1.82, 2.24) is 14.5 Å². The first kappa shape index (κ1) is 14.3. The molecule has 1 unspecified atom stereocenters. The number of aromatic nitrogens is 2. The number of benzene rings is 1. The van der Waals surface area contributed by atoms with Gasteiger partial charge in [-0.1, -0.05) is 18.6 Å². The van der Waals surface area contributed by atoms with Crippen molar-refractivity contribution in [2.45, 2.75) is 32.7 Å². The molecule has 0 bridgehead atoms. The predicted molar refractivity (Wildman–Crippen MR) is 89.7 cm³/mol. The fraction of sp³-hybridized carbons (Fsp3) is 0.444. The number of imidazole rings is 1. The van der Waals surface area contributed by atoms with Crippen LogP contribution in [-0.2, 0) is 0 Å². The number of nitrogens with zero attached hydrogens (tertiary/aromatic N) is 2. The second-order valence-electron chi connectivity index (χ2n) is 6.94. The summed E-state index contributed by atoms with van der Waals surface area (Å²) in [5, 5.41) is 0. The minimum Gasteiger partial charge on any atom is -0.334 e. The Hall–Kier alpha value is -2.30. The van der Waals surface area contributed by atoms with Crippen molar-refractivity contribution >= 4 is 16.9 Å². The van der Waals surface area contributed by atoms with Crippen LogP contribution in [0.3, 0.4) is 0 Å². The van der Waals surface area contributed by atoms with Crippen LogP contribution in [-0.4, -0.2) is 33.4 Å². The van der Waals surface area contributed by atoms with E-state index in [1.54, 1.807) is 0 Å². The minimum absolute atomic E-state index is 0.0335. The number of amides is 1. The second kappa shape index (κ2) is 5.11. The SMILES string of the molecule is CC1=CC(C)CN(C(=O)c2ccc3c(c2)[nH]c(=O)n3C2CC2)C1. The molecule has 1 amide bonds. The Morgan fingerprint density at radius 2 is 2.09 bits per heavy atom. The van der Waals surface area contributed by atoms with Crippen LogP contribution in [0, 0.1) is 5.92 Å². The fourth-order valence-corrected chi connectivity index (χ4v) is 3.60. The lowest BCUT2D eigenvalue weighted by molar-refractivity contribution is 0.0747. The highest BCUT2D eigenvalue weighted by Gasteiger charge is 2.28. The van der Waals surface area contributed by atoms with E-state index in [0.717, 1.165) is 30.4 Å². The Bertz CT molecular complexity index is 870. The number of carbonyl (C=O) groups excluding carboxylic acids is 1. The van der Waals surface area contributed by atoms with Crippen molar-refractivity contribution in [3.05, 3.63) is 45.9 Å². The number of rotatable bonds is 2. The van der Waals surface area contributed by atoms with E-state index >= 15 is 0 Å². The van der Waals surface area contributed by atoms with E-state index in [2.05, 4.69) is 24.9 Å². The van der Waals surface area contributed by atoms with Crippen LogP contribution < -0.4 is 5.69 Å². The van der Waals surface area contributed by atoms with Crippen LogP contribution in [0.4, 0.5) is 0 Å². The van der Waals surface area contributed by atoms with E-state index < -0.39 is 0 Å². The van der Waals surface area contributed by atoms with Gasteiger partial charge < -0.3 is 9.88 Å². The Morgan fingerprint density at radius 3 is 2.78 bits per heavy atom. The third-order valence-electron chi connectivity index (χ3n) is 4.68. The summed E-state index contributed by atoms with van der Waals surface area (Å²) >= 11 is 0. The zero-order valence-electron chi connectivity index (χ0n) is 13.5. The minimum atomic E-state index is -0.0718. The highest BCUT2D eigenvalue weighted by Crippen LogP contribution is 2.35. The van der Waals surface area contributed by atoms with Crippen molar-refractivity contribution in [3.8, 4) is 0 Å². The first-order valence-electron chi connectivity index (χ1n) is 8.24. The maximum absolute atomic E-state index is 12.8. The summed E-state index contributed by atoms with van der Waals surface area (Å²) in [4.78, 5) is 29.6. The summed E-state index contributed by atoms with van der Waals surface area (Å²) in [5.41, 5.74) is 3.45. The molecular weight excluding hydrogens is 290 g/mol. The van der Waals surface area contributed by atoms with Crippen LogP contribution in [0.1, 0.15) is 43.1 Å². The molecule has 1 aliphatic carbocycles. The first-order chi connectivity index (χ1) is 11.0. The maximum Gasteiger partial charge on any atom is 0.326 e. The van der Waals surface area contributed by atoms with Crippen molar-refractivity contribution < 1.29 is 4.79 Å². The summed E-state index contributed by atoms with van der Waals surface area (Å²) in [5.74, 6) is 0.415. The van der Waals surface area contributed by atoms with Gasteiger partial charge in [0.2, 0.25) is 0 Å². The Balaban J connectivity index is 1.68. The van der Waals surface area contributed by atoms with E-state index in [4.69, 9.17) is 0 Å². The van der Waals surface area contributed by atoms with E-state index in [1.807, 2.05) is 27.7 Å². The number of hydrogen-bond donors (Lipinski definition) is 1. The molecule has 1 N–H and O–H groups in total. The molecule has 5 heteroatoms. The monoisotopic (exact) mass is 311 g/mol. The smallest absolute Gasteiger partial charge is 0.326 e. The lowest BCUT2D eigenvalue weighted by Crippen LogP contribution is -2.38. The van der Waals surface area contributed by atoms with Gasteiger partial charge in [-0.25, -0.2) is 4.79 Å². The van der Waals surface area contributed by atoms with Crippen molar-refractivity contribution in [2.24, 2.45) is 5.92 Å². The van der Waals surface area contributed by atoms with Crippen LogP contribution in [0.5, 0.6) is 0 Å². The number of carbonyl (C=O) groups is 1. The van der Waals surface area contributed by atoms with Gasteiger partial charge in [-0.05, 0) is 43.9 Å². The fourth-order valence-electron chi connectivity index (χ4n) is 3.60. The molecule has 0 spiro atoms. The molecule has 1 aliphatic heterocycles. The predicted octanol–water partition coefficient (Wildman–Crippen LogP) is 2.70. The molecule has 120 valence electrons. The van der Waals surface area contributed by atoms with E-state index in [-0.39, 0.29) is 11.6 Å². The summed E-state index contributed by atoms with van der Waals surface area (Å²) in [6.07, 6.45) is 4.34. The summed E-state index contributed by atoms with van der Waals surface area (Å²) in [6.45, 7) is 5.61. The number of aromatic amines is 1. The van der Waals surface area contributed by atoms with Gasteiger partial charge >= 0.3 is 5.69 Å². The van der Waals surface area contributed by atoms with Crippen LogP contribution in [0.25, 0.3) is 11.0 Å². The molecule has 0 saturated heterocycles. The molecule has 1 fully saturated rings. The largest absolute Gasteiger partial charge is 0.334 e. The van der Waals surface area contributed by atoms with Gasteiger partial charge in [-0.15, -0.1) is 0 Å². The number of H-pyrrole nitrogens is 1. The quantitative estimate of drug-likeness (QED) is 0.867. The van der Waals surface area contributed by atoms with Crippen LogP contribution in [0.15, 0.2) is 34.6 Å². The lowest BCUT2D eigenvalue weighted by Gasteiger charge is -2.29. The zero-order chi connectivity index (χ0) is 16.1. The molecule has 0 radical (unpaired) electrons. The molecule has 2 aliphatic rings. The van der Waals surface area contributed by atoms with Crippen molar-refractivity contribution in [3.63, 3.8) is 0 Å². The normalized spacial score (nSPS) is 21.6. The first-order valence-corrected chi connectivity index (χ1v) is 8.24. The zero-order valence-corrected chi connectivity index (χ0v) is 13.5. The lowest BCUT2D eigenvalue weighted by atomic mass is 10.0. The standard InChI is InChI=1S/C18H21N3O2/c1-11-7-12(2)10-20(9-11)17(22)13-3-6-16-15(8-13)19-18(23)21(16)14-4-5-14/h3,6-8,11,14H,4-5,9-10H2,1-2H3,(H,19,23). The highest BCUT2D eigenvalue weighted by atomic mass is 16.2. The molecule has 1 saturated carbocycles. The van der Waals surface area contributed by atoms with Crippen LogP contribution >= 0.6 is 0 Å². The molecule has 1 atom stereocenters. The molecular formula is C18H21N3O2. The second-order valence-corrected chi connectivity index (χ2v) is 6.94. The molecule has 23 heavy (non-hydrogen) atoms. The number of fused-ring (bicyclic) bond motifs is 1. The molecule has 4 rings (SSSR count). The van der Waals surface area contributed by atoms with Crippen LogP contribution in [0.2, 0.25) is 0 Å². The van der Waals surface area contributed by atoms with Gasteiger partial charge in [-0.2, -0.15) is 0 Å². The third-order valence-corrected chi connectivity index (χ3v) is 4.68. The maximum atomic E-state index is 12.8. The van der Waals surface area contributed by atoms with Gasteiger partial charge in [-0.3, -0.25) is 9.36 Å². The summed E-state index contributed by atoms with van der Waals surface area (Å²) in [7, 11) is 0. The Morgan fingerprint density at radius 1 is 1.30 bits per heavy atom. The molecule has 1 aromatic heterocycles. The van der Waals surface area contributed by atoms with Gasteiger partial charge in [0.25, 0.3) is 5.91 Å². The average molecular weight is 311 g/mol. The third kappa shape index (κ3) is 2.50. The molecule has 2 aromatic rings. The van der Waals surface area contributed by atoms with E-state index in [1.165, 1.54) is 5.57 Å². The summed E-state index contributed by atoms with van der Waals surface area (Å²) in [6, 6.07) is 5.88. The van der Waals surface area contributed by atoms with Crippen molar-refractivity contribution in [2.75, 3.05) is 13.1 Å². The van der Waals surface area contributed by atoms with Gasteiger partial charge in [0.05, 0.1) is 11.0 Å². The molecule has 1 aromatic carbocycles. The summed E-state index contributed by atoms with van der Waals surface area (Å²) < 4.78 is 1.82. The Kier molecular flexibility index (Phi) is 3.18. The number of hydrogen-bond acceptors (Lipinski definition) is 2. The molecule has 5 nitrogen and oxygen atoms in total. The van der Waals surface area contributed by atoms with Gasteiger partial charge in [0, 0.05) is 24.7 Å². The van der Waals surface area contributed by atoms with Gasteiger partial charge in [0.1, 0.15) is 0 Å². The molecule has 2 heterocycles. The van der Waals surface area contributed by atoms with E-state index in [0.29, 0.717) is 24.1 Å². The number of nitrogens with one attached hydrogen (secondary N) is 1. The Labute approximate surface area is 134 Å². The van der Waals surface area contributed by atoms with E-state index in [9.17, 15) is 9.59 Å².